The van der Waals surface area contributed by atoms with E-state index in [4.69, 9.17) is 4.74 Å². The Morgan fingerprint density at radius 1 is 1.32 bits per heavy atom. The maximum atomic E-state index is 10.7. The van der Waals surface area contributed by atoms with Crippen LogP contribution in [0, 0.1) is 0 Å². The standard InChI is InChI=1S/C18H28N2O2/c1-12(2)20-11-13(3)22-17-8-7-14(10-16(17)20)18(21)15-6-4-5-9-19-15/h7-8,10,12-13,15,18-19,21H,4-6,9,11H2,1-3H3. The first-order chi connectivity index (χ1) is 10.6. The summed E-state index contributed by atoms with van der Waals surface area (Å²) in [5.74, 6) is 0.931. The smallest absolute Gasteiger partial charge is 0.143 e. The normalized spacial score (nSPS) is 26.5. The molecule has 4 nitrogen and oxygen atoms in total. The number of anilines is 1. The molecule has 122 valence electrons. The van der Waals surface area contributed by atoms with Crippen LogP contribution < -0.4 is 15.0 Å². The lowest BCUT2D eigenvalue weighted by Crippen LogP contribution is -2.42. The largest absolute Gasteiger partial charge is 0.487 e. The van der Waals surface area contributed by atoms with Gasteiger partial charge in [0.05, 0.1) is 18.3 Å². The molecule has 2 heterocycles. The third-order valence-corrected chi connectivity index (χ3v) is 4.77. The van der Waals surface area contributed by atoms with E-state index in [9.17, 15) is 5.11 Å². The van der Waals surface area contributed by atoms with E-state index in [2.05, 4.69) is 37.1 Å². The summed E-state index contributed by atoms with van der Waals surface area (Å²) < 4.78 is 5.95. The summed E-state index contributed by atoms with van der Waals surface area (Å²) in [6.45, 7) is 8.41. The highest BCUT2D eigenvalue weighted by Gasteiger charge is 2.28. The molecule has 1 fully saturated rings. The van der Waals surface area contributed by atoms with E-state index in [0.717, 1.165) is 36.5 Å². The minimum absolute atomic E-state index is 0.169. The van der Waals surface area contributed by atoms with Crippen LogP contribution in [0.3, 0.4) is 0 Å². The Labute approximate surface area is 133 Å². The summed E-state index contributed by atoms with van der Waals surface area (Å²) in [4.78, 5) is 2.37. The van der Waals surface area contributed by atoms with E-state index < -0.39 is 6.10 Å². The first kappa shape index (κ1) is 15.6. The third kappa shape index (κ3) is 3.08. The van der Waals surface area contributed by atoms with Gasteiger partial charge in [0.15, 0.2) is 0 Å². The summed E-state index contributed by atoms with van der Waals surface area (Å²) in [6, 6.07) is 6.73. The lowest BCUT2D eigenvalue weighted by Gasteiger charge is -2.38. The van der Waals surface area contributed by atoms with Gasteiger partial charge in [0.25, 0.3) is 0 Å². The van der Waals surface area contributed by atoms with Crippen molar-refractivity contribution in [2.45, 2.75) is 64.3 Å². The fraction of sp³-hybridized carbons (Fsp3) is 0.667. The zero-order valence-corrected chi connectivity index (χ0v) is 13.9. The fourth-order valence-electron chi connectivity index (χ4n) is 3.54. The molecule has 2 aliphatic heterocycles. The minimum Gasteiger partial charge on any atom is -0.487 e. The van der Waals surface area contributed by atoms with Gasteiger partial charge in [-0.3, -0.25) is 0 Å². The van der Waals surface area contributed by atoms with Gasteiger partial charge in [-0.15, -0.1) is 0 Å². The third-order valence-electron chi connectivity index (χ3n) is 4.77. The summed E-state index contributed by atoms with van der Waals surface area (Å²) in [5, 5.41) is 14.1. The number of hydrogen-bond acceptors (Lipinski definition) is 4. The SMILES string of the molecule is CC1CN(C(C)C)c2cc(C(O)C3CCCCN3)ccc2O1. The van der Waals surface area contributed by atoms with E-state index in [0.29, 0.717) is 6.04 Å². The van der Waals surface area contributed by atoms with Crippen LogP contribution >= 0.6 is 0 Å². The van der Waals surface area contributed by atoms with Gasteiger partial charge in [-0.05, 0) is 57.9 Å². The molecule has 0 saturated carbocycles. The molecular weight excluding hydrogens is 276 g/mol. The zero-order valence-electron chi connectivity index (χ0n) is 13.9. The number of aliphatic hydroxyl groups is 1. The molecule has 3 rings (SSSR count). The number of aliphatic hydroxyl groups excluding tert-OH is 1. The van der Waals surface area contributed by atoms with Crippen LogP contribution in [0.2, 0.25) is 0 Å². The van der Waals surface area contributed by atoms with Gasteiger partial charge in [-0.2, -0.15) is 0 Å². The lowest BCUT2D eigenvalue weighted by molar-refractivity contribution is 0.113. The number of ether oxygens (including phenoxy) is 1. The summed E-state index contributed by atoms with van der Waals surface area (Å²) in [6.07, 6.45) is 3.20. The molecule has 4 heteroatoms. The van der Waals surface area contributed by atoms with Gasteiger partial charge in [0.2, 0.25) is 0 Å². The fourth-order valence-corrected chi connectivity index (χ4v) is 3.54. The van der Waals surface area contributed by atoms with Crippen LogP contribution in [-0.4, -0.2) is 36.4 Å². The topological polar surface area (TPSA) is 44.7 Å². The van der Waals surface area contributed by atoms with Crippen molar-refractivity contribution in [3.63, 3.8) is 0 Å². The van der Waals surface area contributed by atoms with Gasteiger partial charge in [-0.1, -0.05) is 12.5 Å². The summed E-state index contributed by atoms with van der Waals surface area (Å²) in [7, 11) is 0. The molecule has 2 N–H and O–H groups in total. The van der Waals surface area contributed by atoms with Crippen molar-refractivity contribution >= 4 is 5.69 Å². The minimum atomic E-state index is -0.445. The van der Waals surface area contributed by atoms with Gasteiger partial charge < -0.3 is 20.1 Å². The first-order valence-electron chi connectivity index (χ1n) is 8.55. The maximum Gasteiger partial charge on any atom is 0.143 e. The van der Waals surface area contributed by atoms with Crippen LogP contribution in [-0.2, 0) is 0 Å². The Kier molecular flexibility index (Phi) is 4.59. The van der Waals surface area contributed by atoms with Gasteiger partial charge in [0.1, 0.15) is 11.9 Å². The number of hydrogen-bond donors (Lipinski definition) is 2. The Balaban J connectivity index is 1.87. The number of piperidine rings is 1. The van der Waals surface area contributed by atoms with Crippen molar-refractivity contribution in [2.24, 2.45) is 0 Å². The second-order valence-electron chi connectivity index (χ2n) is 6.90. The first-order valence-corrected chi connectivity index (χ1v) is 8.55. The number of nitrogens with one attached hydrogen (secondary N) is 1. The molecule has 1 aromatic rings. The van der Waals surface area contributed by atoms with E-state index in [1.165, 1.54) is 12.8 Å². The Morgan fingerprint density at radius 2 is 2.14 bits per heavy atom. The molecule has 0 bridgehead atoms. The van der Waals surface area contributed by atoms with Gasteiger partial charge in [-0.25, -0.2) is 0 Å². The molecule has 1 saturated heterocycles. The van der Waals surface area contributed by atoms with Gasteiger partial charge >= 0.3 is 0 Å². The molecule has 22 heavy (non-hydrogen) atoms. The number of fused-ring (bicyclic) bond motifs is 1. The van der Waals surface area contributed by atoms with E-state index in [1.807, 2.05) is 12.1 Å². The molecule has 0 spiro atoms. The van der Waals surface area contributed by atoms with Crippen molar-refractivity contribution < 1.29 is 9.84 Å². The average Bonchev–Trinajstić information content (AvgIpc) is 2.53. The number of nitrogens with zero attached hydrogens (tertiary/aromatic N) is 1. The van der Waals surface area contributed by atoms with Gasteiger partial charge in [0, 0.05) is 12.1 Å². The highest BCUT2D eigenvalue weighted by Crippen LogP contribution is 2.37. The van der Waals surface area contributed by atoms with Crippen LogP contribution in [0.25, 0.3) is 0 Å². The molecule has 0 aromatic heterocycles. The molecule has 3 atom stereocenters. The average molecular weight is 304 g/mol. The highest BCUT2D eigenvalue weighted by molar-refractivity contribution is 5.62. The highest BCUT2D eigenvalue weighted by atomic mass is 16.5. The maximum absolute atomic E-state index is 10.7. The predicted octanol–water partition coefficient (Wildman–Crippen LogP) is 2.86. The molecule has 0 radical (unpaired) electrons. The van der Waals surface area contributed by atoms with Crippen molar-refractivity contribution in [1.29, 1.82) is 0 Å². The zero-order chi connectivity index (χ0) is 15.7. The lowest BCUT2D eigenvalue weighted by atomic mass is 9.94. The summed E-state index contributed by atoms with van der Waals surface area (Å²) in [5.41, 5.74) is 2.10. The quantitative estimate of drug-likeness (QED) is 0.901. The molecule has 3 unspecified atom stereocenters. The Bertz CT molecular complexity index is 512. The monoisotopic (exact) mass is 304 g/mol. The predicted molar refractivity (Wildman–Crippen MR) is 89.6 cm³/mol. The number of rotatable bonds is 3. The molecule has 1 aromatic carbocycles. The molecular formula is C18H28N2O2. The summed E-state index contributed by atoms with van der Waals surface area (Å²) >= 11 is 0. The van der Waals surface area contributed by atoms with E-state index >= 15 is 0 Å². The second-order valence-corrected chi connectivity index (χ2v) is 6.90. The molecule has 0 aliphatic carbocycles. The molecule has 2 aliphatic rings. The van der Waals surface area contributed by atoms with Crippen LogP contribution in [0.1, 0.15) is 51.7 Å². The molecule has 0 amide bonds. The van der Waals surface area contributed by atoms with Crippen LogP contribution in [0.15, 0.2) is 18.2 Å². The van der Waals surface area contributed by atoms with Crippen LogP contribution in [0.4, 0.5) is 5.69 Å². The van der Waals surface area contributed by atoms with Crippen molar-refractivity contribution in [3.05, 3.63) is 23.8 Å². The second kappa shape index (κ2) is 6.47. The van der Waals surface area contributed by atoms with Crippen molar-refractivity contribution in [3.8, 4) is 5.75 Å². The van der Waals surface area contributed by atoms with E-state index in [-0.39, 0.29) is 12.1 Å². The Hall–Kier alpha value is -1.26. The number of benzene rings is 1. The van der Waals surface area contributed by atoms with Crippen molar-refractivity contribution in [2.75, 3.05) is 18.0 Å². The van der Waals surface area contributed by atoms with Crippen LogP contribution in [0.5, 0.6) is 5.75 Å². The van der Waals surface area contributed by atoms with Crippen molar-refractivity contribution in [1.82, 2.24) is 5.32 Å². The van der Waals surface area contributed by atoms with E-state index in [1.54, 1.807) is 0 Å². The Morgan fingerprint density at radius 3 is 2.82 bits per heavy atom.